The zero-order chi connectivity index (χ0) is 21.0. The van der Waals surface area contributed by atoms with Crippen molar-refractivity contribution in [2.45, 2.75) is 31.2 Å². The normalized spacial score (nSPS) is 11.0. The van der Waals surface area contributed by atoms with Crippen LogP contribution in [-0.4, -0.2) is 27.7 Å². The number of amides is 1. The number of thioether (sulfide) groups is 1. The molecule has 0 saturated carbocycles. The summed E-state index contributed by atoms with van der Waals surface area (Å²) in [5.74, 6) is -0.363. The highest BCUT2D eigenvalue weighted by Crippen LogP contribution is 2.34. The lowest BCUT2D eigenvalue weighted by Gasteiger charge is -2.22. The van der Waals surface area contributed by atoms with Gasteiger partial charge in [-0.25, -0.2) is 4.98 Å². The fraction of sp³-hybridized carbons (Fsp3) is 0.250. The summed E-state index contributed by atoms with van der Waals surface area (Å²) in [5, 5.41) is 10.5. The zero-order valence-corrected chi connectivity index (χ0v) is 18.7. The van der Waals surface area contributed by atoms with E-state index in [4.69, 9.17) is 28.3 Å². The van der Waals surface area contributed by atoms with E-state index in [1.165, 1.54) is 11.3 Å². The average Bonchev–Trinajstić information content (AvgIpc) is 3.11. The van der Waals surface area contributed by atoms with Crippen LogP contribution < -0.4 is 4.90 Å². The van der Waals surface area contributed by atoms with Crippen molar-refractivity contribution in [2.24, 2.45) is 0 Å². The lowest BCUT2D eigenvalue weighted by Crippen LogP contribution is -2.30. The first-order valence-corrected chi connectivity index (χ1v) is 11.4. The first kappa shape index (κ1) is 21.9. The van der Waals surface area contributed by atoms with Gasteiger partial charge >= 0.3 is 5.97 Å². The summed E-state index contributed by atoms with van der Waals surface area (Å²) in [6, 6.07) is 11.2. The molecule has 1 amide bonds. The molecule has 29 heavy (non-hydrogen) atoms. The maximum Gasteiger partial charge on any atom is 0.303 e. The molecule has 0 unspecified atom stereocenters. The van der Waals surface area contributed by atoms with Gasteiger partial charge in [0.25, 0.3) is 0 Å². The molecular weight excluding hydrogens is 451 g/mol. The maximum atomic E-state index is 12.8. The Morgan fingerprint density at radius 2 is 2.00 bits per heavy atom. The minimum Gasteiger partial charge on any atom is -0.481 e. The van der Waals surface area contributed by atoms with E-state index in [-0.39, 0.29) is 25.3 Å². The summed E-state index contributed by atoms with van der Waals surface area (Å²) in [6.07, 6.45) is -0.308. The molecule has 3 aromatic rings. The van der Waals surface area contributed by atoms with Crippen LogP contribution in [0.5, 0.6) is 0 Å². The molecule has 3 rings (SSSR count). The van der Waals surface area contributed by atoms with Crippen LogP contribution in [0.1, 0.15) is 24.8 Å². The first-order valence-electron chi connectivity index (χ1n) is 8.87. The van der Waals surface area contributed by atoms with Gasteiger partial charge < -0.3 is 10.0 Å². The number of carboxylic acids is 1. The molecule has 152 valence electrons. The number of fused-ring (bicyclic) bond motifs is 1. The third kappa shape index (κ3) is 5.42. The van der Waals surface area contributed by atoms with Crippen molar-refractivity contribution < 1.29 is 14.7 Å². The van der Waals surface area contributed by atoms with E-state index in [0.717, 1.165) is 15.3 Å². The van der Waals surface area contributed by atoms with E-state index in [1.54, 1.807) is 22.7 Å². The molecule has 1 aromatic heterocycles. The summed E-state index contributed by atoms with van der Waals surface area (Å²) in [6.45, 7) is 2.29. The van der Waals surface area contributed by atoms with Crippen molar-refractivity contribution in [1.29, 1.82) is 0 Å². The van der Waals surface area contributed by atoms with Gasteiger partial charge in [-0.05, 0) is 36.1 Å². The van der Waals surface area contributed by atoms with Crippen molar-refractivity contribution in [3.63, 3.8) is 0 Å². The number of halogens is 2. The second kappa shape index (κ2) is 9.80. The lowest BCUT2D eigenvalue weighted by atomic mass is 10.2. The molecule has 0 aliphatic heterocycles. The second-order valence-corrected chi connectivity index (χ2v) is 9.36. The summed E-state index contributed by atoms with van der Waals surface area (Å²) >= 11 is 15.4. The second-order valence-electron chi connectivity index (χ2n) is 6.12. The predicted octanol–water partition coefficient (Wildman–Crippen LogP) is 6.11. The monoisotopic (exact) mass is 468 g/mol. The fourth-order valence-corrected chi connectivity index (χ4v) is 4.86. The molecule has 1 heterocycles. The Morgan fingerprint density at radius 1 is 1.21 bits per heavy atom. The number of rotatable bonds is 8. The van der Waals surface area contributed by atoms with E-state index in [1.807, 2.05) is 30.3 Å². The van der Waals surface area contributed by atoms with E-state index in [9.17, 15) is 9.59 Å². The van der Waals surface area contributed by atoms with Crippen molar-refractivity contribution in [1.82, 2.24) is 4.98 Å². The van der Waals surface area contributed by atoms with E-state index >= 15 is 0 Å². The van der Waals surface area contributed by atoms with Gasteiger partial charge in [0.1, 0.15) is 10.5 Å². The van der Waals surface area contributed by atoms with Crippen LogP contribution >= 0.6 is 46.3 Å². The van der Waals surface area contributed by atoms with Gasteiger partial charge in [0.2, 0.25) is 5.91 Å². The number of aliphatic carboxylic acids is 1. The van der Waals surface area contributed by atoms with Crippen LogP contribution in [0, 0.1) is 0 Å². The summed E-state index contributed by atoms with van der Waals surface area (Å²) in [4.78, 5) is 31.0. The highest BCUT2D eigenvalue weighted by molar-refractivity contribution is 7.99. The highest BCUT2D eigenvalue weighted by atomic mass is 35.5. The molecule has 0 radical (unpaired) electrons. The van der Waals surface area contributed by atoms with Gasteiger partial charge in [-0.15, -0.1) is 23.1 Å². The lowest BCUT2D eigenvalue weighted by molar-refractivity contribution is -0.138. The number of nitrogens with zero attached hydrogens (tertiary/aromatic N) is 2. The molecule has 0 aliphatic carbocycles. The van der Waals surface area contributed by atoms with E-state index in [0.29, 0.717) is 26.3 Å². The Kier molecular flexibility index (Phi) is 7.40. The number of hydrogen-bond acceptors (Lipinski definition) is 5. The van der Waals surface area contributed by atoms with Crippen LogP contribution in [0.2, 0.25) is 10.0 Å². The van der Waals surface area contributed by atoms with Gasteiger partial charge in [-0.3, -0.25) is 9.59 Å². The number of carbonyl (C=O) groups excluding carboxylic acids is 1. The summed E-state index contributed by atoms with van der Waals surface area (Å²) in [7, 11) is 0. The molecule has 0 fully saturated rings. The van der Waals surface area contributed by atoms with Crippen molar-refractivity contribution in [2.75, 3.05) is 10.7 Å². The smallest absolute Gasteiger partial charge is 0.303 e. The molecule has 2 aromatic carbocycles. The standard InChI is InChI=1S/C20H18Cl2N2O3S2/c1-2-28-13-5-3-4-12(10-13)24(17(25)8-9-18(26)27)11-16-23-20-15(29-16)7-6-14(21)19(20)22/h3-7,10H,2,8-9,11H2,1H3,(H,26,27). The Hall–Kier alpha value is -1.80. The molecule has 0 saturated heterocycles. The molecule has 0 aliphatic rings. The van der Waals surface area contributed by atoms with Crippen LogP contribution in [0.4, 0.5) is 5.69 Å². The number of carbonyl (C=O) groups is 2. The number of anilines is 1. The van der Waals surface area contributed by atoms with Crippen LogP contribution in [-0.2, 0) is 16.1 Å². The molecule has 1 N–H and O–H groups in total. The third-order valence-electron chi connectivity index (χ3n) is 4.08. The predicted molar refractivity (Wildman–Crippen MR) is 121 cm³/mol. The fourth-order valence-electron chi connectivity index (χ4n) is 2.77. The number of benzene rings is 2. The van der Waals surface area contributed by atoms with E-state index < -0.39 is 5.97 Å². The zero-order valence-electron chi connectivity index (χ0n) is 15.5. The van der Waals surface area contributed by atoms with Gasteiger partial charge in [0.15, 0.2) is 0 Å². The Balaban J connectivity index is 1.94. The maximum absolute atomic E-state index is 12.8. The number of hydrogen-bond donors (Lipinski definition) is 1. The summed E-state index contributed by atoms with van der Waals surface area (Å²) < 4.78 is 0.877. The van der Waals surface area contributed by atoms with Crippen molar-refractivity contribution >= 4 is 74.1 Å². The van der Waals surface area contributed by atoms with Crippen LogP contribution in [0.15, 0.2) is 41.3 Å². The third-order valence-corrected chi connectivity index (χ3v) is 6.76. The van der Waals surface area contributed by atoms with Crippen LogP contribution in [0.3, 0.4) is 0 Å². The molecular formula is C20H18Cl2N2O3S2. The quantitative estimate of drug-likeness (QED) is 0.403. The van der Waals surface area contributed by atoms with Gasteiger partial charge in [-0.2, -0.15) is 0 Å². The molecule has 0 bridgehead atoms. The number of carboxylic acid groups (broad SMARTS) is 1. The minimum absolute atomic E-state index is 0.0854. The van der Waals surface area contributed by atoms with E-state index in [2.05, 4.69) is 11.9 Å². The van der Waals surface area contributed by atoms with Gasteiger partial charge in [-0.1, -0.05) is 36.2 Å². The van der Waals surface area contributed by atoms with Gasteiger partial charge in [0.05, 0.1) is 27.7 Å². The van der Waals surface area contributed by atoms with Crippen LogP contribution in [0.25, 0.3) is 10.2 Å². The highest BCUT2D eigenvalue weighted by Gasteiger charge is 2.20. The van der Waals surface area contributed by atoms with Crippen molar-refractivity contribution in [3.8, 4) is 0 Å². The average molecular weight is 469 g/mol. The Bertz CT molecular complexity index is 1060. The van der Waals surface area contributed by atoms with Crippen molar-refractivity contribution in [3.05, 3.63) is 51.5 Å². The largest absolute Gasteiger partial charge is 0.481 e. The topological polar surface area (TPSA) is 70.5 Å². The van der Waals surface area contributed by atoms with Gasteiger partial charge in [0, 0.05) is 17.0 Å². The molecule has 5 nitrogen and oxygen atoms in total. The molecule has 0 atom stereocenters. The molecule has 0 spiro atoms. The molecule has 9 heteroatoms. The Morgan fingerprint density at radius 3 is 2.72 bits per heavy atom. The Labute approximate surface area is 186 Å². The number of thiazole rings is 1. The SMILES string of the molecule is CCSc1cccc(N(Cc2nc3c(Cl)c(Cl)ccc3s2)C(=O)CCC(=O)O)c1. The minimum atomic E-state index is -1.00. The summed E-state index contributed by atoms with van der Waals surface area (Å²) in [5.41, 5.74) is 1.31. The first-order chi connectivity index (χ1) is 13.9. The number of aromatic nitrogens is 1.